The Bertz CT molecular complexity index is 816. The van der Waals surface area contributed by atoms with Gasteiger partial charge in [-0.2, -0.15) is 0 Å². The van der Waals surface area contributed by atoms with E-state index in [0.717, 1.165) is 5.56 Å². The third kappa shape index (κ3) is 5.14. The van der Waals surface area contributed by atoms with Crippen LogP contribution in [0.3, 0.4) is 0 Å². The van der Waals surface area contributed by atoms with Crippen LogP contribution in [0, 0.1) is 5.92 Å². The maximum absolute atomic E-state index is 12.8. The molecule has 0 fully saturated rings. The number of hydrogen-bond acceptors (Lipinski definition) is 4. The molecule has 0 saturated carbocycles. The average Bonchev–Trinajstić information content (AvgIpc) is 2.60. The van der Waals surface area contributed by atoms with Gasteiger partial charge in [0.25, 0.3) is 0 Å². The van der Waals surface area contributed by atoms with Gasteiger partial charge in [0.05, 0.1) is 17.6 Å². The molecule has 6 heteroatoms. The van der Waals surface area contributed by atoms with Crippen LogP contribution in [-0.4, -0.2) is 21.5 Å². The first-order valence-corrected chi connectivity index (χ1v) is 9.57. The molecule has 2 aromatic carbocycles. The van der Waals surface area contributed by atoms with E-state index in [9.17, 15) is 13.2 Å². The molecule has 0 aliphatic heterocycles. The molecule has 0 spiro atoms. The van der Waals surface area contributed by atoms with E-state index in [0.29, 0.717) is 12.3 Å². The average molecular weight is 361 g/mol. The second-order valence-corrected chi connectivity index (χ2v) is 7.95. The first-order chi connectivity index (χ1) is 11.8. The summed E-state index contributed by atoms with van der Waals surface area (Å²) in [7, 11) is -2.52. The number of rotatable bonds is 7. The van der Waals surface area contributed by atoms with Crippen LogP contribution in [0.5, 0.6) is 0 Å². The summed E-state index contributed by atoms with van der Waals surface area (Å²) in [5, 5.41) is 0. The summed E-state index contributed by atoms with van der Waals surface area (Å²) >= 11 is 0. The van der Waals surface area contributed by atoms with Crippen molar-refractivity contribution in [2.75, 3.05) is 7.11 Å². The molecule has 1 unspecified atom stereocenters. The molecule has 134 valence electrons. The van der Waals surface area contributed by atoms with Gasteiger partial charge < -0.3 is 4.74 Å². The van der Waals surface area contributed by atoms with E-state index in [2.05, 4.69) is 9.46 Å². The summed E-state index contributed by atoms with van der Waals surface area (Å²) in [4.78, 5) is 11.7. The van der Waals surface area contributed by atoms with Gasteiger partial charge in [0.1, 0.15) is 0 Å². The molecule has 0 radical (unpaired) electrons. The Labute approximate surface area is 149 Å². The van der Waals surface area contributed by atoms with Crippen molar-refractivity contribution in [1.29, 1.82) is 0 Å². The van der Waals surface area contributed by atoms with Gasteiger partial charge in [-0.15, -0.1) is 0 Å². The summed E-state index contributed by atoms with van der Waals surface area (Å²) in [6, 6.07) is 15.0. The summed E-state index contributed by atoms with van der Waals surface area (Å²) in [5.41, 5.74) is 1.11. The molecule has 0 aromatic heterocycles. The van der Waals surface area contributed by atoms with Crippen molar-refractivity contribution < 1.29 is 17.9 Å². The lowest BCUT2D eigenvalue weighted by atomic mass is 9.98. The second kappa shape index (κ2) is 8.27. The molecule has 5 nitrogen and oxygen atoms in total. The third-order valence-corrected chi connectivity index (χ3v) is 5.24. The van der Waals surface area contributed by atoms with Crippen LogP contribution in [0.4, 0.5) is 0 Å². The van der Waals surface area contributed by atoms with Crippen molar-refractivity contribution in [3.8, 4) is 0 Å². The second-order valence-electron chi connectivity index (χ2n) is 6.23. The summed E-state index contributed by atoms with van der Waals surface area (Å²) in [6.07, 6.45) is 0.667. The lowest BCUT2D eigenvalue weighted by molar-refractivity contribution is 0.0600. The van der Waals surface area contributed by atoms with Gasteiger partial charge in [0.2, 0.25) is 10.0 Å². The Hall–Kier alpha value is -2.18. The number of ether oxygens (including phenoxy) is 1. The molecule has 0 amide bonds. The van der Waals surface area contributed by atoms with Crippen LogP contribution in [0.1, 0.15) is 42.2 Å². The summed E-state index contributed by atoms with van der Waals surface area (Å²) in [6.45, 7) is 4.09. The molecule has 1 N–H and O–H groups in total. The van der Waals surface area contributed by atoms with Crippen molar-refractivity contribution >= 4 is 16.0 Å². The molecular weight excluding hydrogens is 338 g/mol. The van der Waals surface area contributed by atoms with Crippen LogP contribution in [0.15, 0.2) is 59.5 Å². The van der Waals surface area contributed by atoms with Gasteiger partial charge >= 0.3 is 5.97 Å². The predicted molar refractivity (Wildman–Crippen MR) is 96.7 cm³/mol. The van der Waals surface area contributed by atoms with Gasteiger partial charge in [0, 0.05) is 6.04 Å². The predicted octanol–water partition coefficient (Wildman–Crippen LogP) is 3.54. The minimum Gasteiger partial charge on any atom is -0.465 e. The fourth-order valence-electron chi connectivity index (χ4n) is 2.57. The molecular formula is C19H23NO4S. The molecule has 0 aliphatic carbocycles. The first kappa shape index (κ1) is 19.1. The van der Waals surface area contributed by atoms with Gasteiger partial charge in [-0.05, 0) is 36.1 Å². The topological polar surface area (TPSA) is 72.5 Å². The summed E-state index contributed by atoms with van der Waals surface area (Å²) < 4.78 is 33.0. The molecule has 0 saturated heterocycles. The zero-order chi connectivity index (χ0) is 18.4. The van der Waals surface area contributed by atoms with Crippen molar-refractivity contribution in [1.82, 2.24) is 4.72 Å². The number of carbonyl (C=O) groups is 1. The van der Waals surface area contributed by atoms with E-state index in [4.69, 9.17) is 0 Å². The van der Waals surface area contributed by atoms with Gasteiger partial charge in [-0.25, -0.2) is 17.9 Å². The van der Waals surface area contributed by atoms with Gasteiger partial charge in [-0.1, -0.05) is 50.2 Å². The standard InChI is InChI=1S/C19H23NO4S/c1-14(2)12-18(15-8-5-4-6-9-15)20-25(22,23)17-11-7-10-16(13-17)19(21)24-3/h4-11,13-14,18,20H,12H2,1-3H3. The highest BCUT2D eigenvalue weighted by atomic mass is 32.2. The minimum atomic E-state index is -3.78. The minimum absolute atomic E-state index is 0.0417. The van der Waals surface area contributed by atoms with Crippen molar-refractivity contribution in [3.63, 3.8) is 0 Å². The number of hydrogen-bond donors (Lipinski definition) is 1. The van der Waals surface area contributed by atoms with E-state index < -0.39 is 16.0 Å². The fraction of sp³-hybridized carbons (Fsp3) is 0.316. The van der Waals surface area contributed by atoms with E-state index in [1.54, 1.807) is 0 Å². The largest absolute Gasteiger partial charge is 0.465 e. The smallest absolute Gasteiger partial charge is 0.337 e. The van der Waals surface area contributed by atoms with Crippen LogP contribution in [0.2, 0.25) is 0 Å². The lowest BCUT2D eigenvalue weighted by Crippen LogP contribution is -2.29. The maximum Gasteiger partial charge on any atom is 0.337 e. The van der Waals surface area contributed by atoms with E-state index in [-0.39, 0.29) is 16.5 Å². The molecule has 2 aromatic rings. The monoisotopic (exact) mass is 361 g/mol. The highest BCUT2D eigenvalue weighted by molar-refractivity contribution is 7.89. The lowest BCUT2D eigenvalue weighted by Gasteiger charge is -2.21. The van der Waals surface area contributed by atoms with Crippen molar-refractivity contribution in [3.05, 3.63) is 65.7 Å². The van der Waals surface area contributed by atoms with Crippen LogP contribution in [-0.2, 0) is 14.8 Å². The van der Waals surface area contributed by atoms with Gasteiger partial charge in [0.15, 0.2) is 0 Å². The van der Waals surface area contributed by atoms with E-state index in [1.807, 2.05) is 44.2 Å². The normalized spacial score (nSPS) is 12.8. The molecule has 2 rings (SSSR count). The highest BCUT2D eigenvalue weighted by Crippen LogP contribution is 2.24. The summed E-state index contributed by atoms with van der Waals surface area (Å²) in [5.74, 6) is -0.256. The Morgan fingerprint density at radius 2 is 1.76 bits per heavy atom. The highest BCUT2D eigenvalue weighted by Gasteiger charge is 2.23. The van der Waals surface area contributed by atoms with Gasteiger partial charge in [-0.3, -0.25) is 0 Å². The third-order valence-electron chi connectivity index (χ3n) is 3.77. The number of carbonyl (C=O) groups excluding carboxylic acids is 1. The first-order valence-electron chi connectivity index (χ1n) is 8.09. The zero-order valence-corrected chi connectivity index (χ0v) is 15.4. The molecule has 0 bridgehead atoms. The quantitative estimate of drug-likeness (QED) is 0.766. The molecule has 1 atom stereocenters. The number of nitrogens with one attached hydrogen (secondary N) is 1. The van der Waals surface area contributed by atoms with E-state index in [1.165, 1.54) is 31.4 Å². The van der Waals surface area contributed by atoms with Crippen LogP contribution < -0.4 is 4.72 Å². The maximum atomic E-state index is 12.8. The number of methoxy groups -OCH3 is 1. The number of esters is 1. The zero-order valence-electron chi connectivity index (χ0n) is 14.6. The number of benzene rings is 2. The fourth-order valence-corrected chi connectivity index (χ4v) is 3.86. The Morgan fingerprint density at radius 1 is 1.08 bits per heavy atom. The Kier molecular flexibility index (Phi) is 6.33. The van der Waals surface area contributed by atoms with Crippen molar-refractivity contribution in [2.24, 2.45) is 5.92 Å². The Balaban J connectivity index is 2.33. The SMILES string of the molecule is COC(=O)c1cccc(S(=O)(=O)NC(CC(C)C)c2ccccc2)c1. The van der Waals surface area contributed by atoms with E-state index >= 15 is 0 Å². The molecule has 0 aliphatic rings. The van der Waals surface area contributed by atoms with Crippen LogP contribution in [0.25, 0.3) is 0 Å². The molecule has 0 heterocycles. The van der Waals surface area contributed by atoms with Crippen molar-refractivity contribution in [2.45, 2.75) is 31.2 Å². The van der Waals surface area contributed by atoms with Crippen LogP contribution >= 0.6 is 0 Å². The Morgan fingerprint density at radius 3 is 2.36 bits per heavy atom. The number of sulfonamides is 1. The molecule has 25 heavy (non-hydrogen) atoms.